The number of hydrogen-bond acceptors (Lipinski definition) is 4. The van der Waals surface area contributed by atoms with Gasteiger partial charge in [-0.05, 0) is 38.1 Å². The lowest BCUT2D eigenvalue weighted by atomic mass is 10.2. The van der Waals surface area contributed by atoms with Gasteiger partial charge in [-0.1, -0.05) is 0 Å². The molecule has 1 aromatic carbocycles. The Bertz CT molecular complexity index is 342. The van der Waals surface area contributed by atoms with E-state index < -0.39 is 0 Å². The number of benzene rings is 1. The Morgan fingerprint density at radius 3 is 2.60 bits per heavy atom. The predicted molar refractivity (Wildman–Crippen MR) is 64.2 cm³/mol. The number of anilines is 2. The van der Waals surface area contributed by atoms with Crippen molar-refractivity contribution in [2.45, 2.75) is 19.9 Å². The van der Waals surface area contributed by atoms with Gasteiger partial charge in [0.25, 0.3) is 0 Å². The van der Waals surface area contributed by atoms with E-state index in [2.05, 4.69) is 53.8 Å². The lowest BCUT2D eigenvalue weighted by molar-refractivity contribution is 0.797. The zero-order chi connectivity index (χ0) is 10.7. The van der Waals surface area contributed by atoms with Gasteiger partial charge in [-0.15, -0.1) is 0 Å². The average Bonchev–Trinajstić information content (AvgIpc) is 2.71. The summed E-state index contributed by atoms with van der Waals surface area (Å²) in [6.45, 7) is 4.91. The third-order valence-electron chi connectivity index (χ3n) is 2.13. The molecule has 2 N–H and O–H groups in total. The summed E-state index contributed by atoms with van der Waals surface area (Å²) in [4.78, 5) is 4.09. The first kappa shape index (κ1) is 9.98. The maximum absolute atomic E-state index is 4.09. The molecule has 80 valence electrons. The van der Waals surface area contributed by atoms with Crippen molar-refractivity contribution in [1.29, 1.82) is 0 Å². The fraction of sp³-hybridized carbons (Fsp3) is 0.364. The highest BCUT2D eigenvalue weighted by Gasteiger charge is 2.06. The van der Waals surface area contributed by atoms with Gasteiger partial charge in [0.15, 0.2) is 0 Å². The summed E-state index contributed by atoms with van der Waals surface area (Å²) < 4.78 is 0. The molecule has 4 nitrogen and oxygen atoms in total. The highest BCUT2D eigenvalue weighted by molar-refractivity contribution is 5.79. The van der Waals surface area contributed by atoms with E-state index in [9.17, 15) is 0 Å². The molecule has 0 amide bonds. The standard InChI is InChI=1S/C11H16N4/c1-9(2)14-10-3-5-11(6-4-10)15-8-12-7-13-15/h3-6,8-9,13-14H,7H2,1-2H3. The predicted octanol–water partition coefficient (Wildman–Crippen LogP) is 1.82. The molecule has 0 radical (unpaired) electrons. The third-order valence-corrected chi connectivity index (χ3v) is 2.13. The lowest BCUT2D eigenvalue weighted by Crippen LogP contribution is -2.30. The average molecular weight is 204 g/mol. The van der Waals surface area contributed by atoms with E-state index in [-0.39, 0.29) is 0 Å². The summed E-state index contributed by atoms with van der Waals surface area (Å²) in [6.07, 6.45) is 1.80. The summed E-state index contributed by atoms with van der Waals surface area (Å²) in [7, 11) is 0. The van der Waals surface area contributed by atoms with Crippen LogP contribution in [-0.2, 0) is 0 Å². The molecule has 1 aliphatic rings. The molecule has 2 rings (SSSR count). The van der Waals surface area contributed by atoms with E-state index >= 15 is 0 Å². The Balaban J connectivity index is 2.06. The molecular weight excluding hydrogens is 188 g/mol. The monoisotopic (exact) mass is 204 g/mol. The first-order valence-electron chi connectivity index (χ1n) is 5.15. The third kappa shape index (κ3) is 2.47. The van der Waals surface area contributed by atoms with Gasteiger partial charge in [0.1, 0.15) is 13.0 Å². The highest BCUT2D eigenvalue weighted by Crippen LogP contribution is 2.17. The quantitative estimate of drug-likeness (QED) is 0.789. The molecule has 1 aromatic rings. The topological polar surface area (TPSA) is 39.7 Å². The van der Waals surface area contributed by atoms with E-state index in [1.165, 1.54) is 0 Å². The molecule has 0 aliphatic carbocycles. The Hall–Kier alpha value is -1.55. The van der Waals surface area contributed by atoms with Crippen molar-refractivity contribution in [3.05, 3.63) is 24.3 Å². The van der Waals surface area contributed by atoms with Crippen molar-refractivity contribution in [2.75, 3.05) is 17.0 Å². The smallest absolute Gasteiger partial charge is 0.108 e. The van der Waals surface area contributed by atoms with Gasteiger partial charge in [-0.25, -0.2) is 5.43 Å². The Morgan fingerprint density at radius 1 is 1.33 bits per heavy atom. The van der Waals surface area contributed by atoms with Crippen molar-refractivity contribution in [3.8, 4) is 0 Å². The van der Waals surface area contributed by atoms with Crippen molar-refractivity contribution in [3.63, 3.8) is 0 Å². The molecule has 0 bridgehead atoms. The van der Waals surface area contributed by atoms with Crippen LogP contribution < -0.4 is 15.8 Å². The molecule has 15 heavy (non-hydrogen) atoms. The van der Waals surface area contributed by atoms with Crippen LogP contribution in [0.1, 0.15) is 13.8 Å². The van der Waals surface area contributed by atoms with Crippen LogP contribution in [0, 0.1) is 0 Å². The Morgan fingerprint density at radius 2 is 2.07 bits per heavy atom. The van der Waals surface area contributed by atoms with Crippen molar-refractivity contribution in [1.82, 2.24) is 5.43 Å². The molecule has 0 atom stereocenters. The number of nitrogens with zero attached hydrogens (tertiary/aromatic N) is 2. The van der Waals surface area contributed by atoms with Crippen LogP contribution in [-0.4, -0.2) is 19.0 Å². The molecule has 0 spiro atoms. The van der Waals surface area contributed by atoms with Crippen molar-refractivity contribution in [2.24, 2.45) is 4.99 Å². The summed E-state index contributed by atoms with van der Waals surface area (Å²) in [5.41, 5.74) is 5.37. The van der Waals surface area contributed by atoms with E-state index in [4.69, 9.17) is 0 Å². The SMILES string of the molecule is CC(C)Nc1ccc(N2C=NCN2)cc1. The molecule has 0 aromatic heterocycles. The Labute approximate surface area is 90.0 Å². The highest BCUT2D eigenvalue weighted by atomic mass is 15.6. The van der Waals surface area contributed by atoms with E-state index in [0.29, 0.717) is 12.7 Å². The normalized spacial score (nSPS) is 15.0. The second-order valence-electron chi connectivity index (χ2n) is 3.83. The molecule has 0 unspecified atom stereocenters. The molecule has 1 aliphatic heterocycles. The summed E-state index contributed by atoms with van der Waals surface area (Å²) in [6, 6.07) is 8.73. The molecule has 0 fully saturated rings. The summed E-state index contributed by atoms with van der Waals surface area (Å²) in [5, 5.41) is 5.27. The molecule has 4 heteroatoms. The van der Waals surface area contributed by atoms with Gasteiger partial charge in [-0.2, -0.15) is 0 Å². The van der Waals surface area contributed by atoms with Gasteiger partial charge < -0.3 is 5.32 Å². The van der Waals surface area contributed by atoms with Gasteiger partial charge in [0.2, 0.25) is 0 Å². The second-order valence-corrected chi connectivity index (χ2v) is 3.83. The van der Waals surface area contributed by atoms with E-state index in [1.807, 2.05) is 5.01 Å². The number of hydrogen-bond donors (Lipinski definition) is 2. The van der Waals surface area contributed by atoms with Crippen LogP contribution in [0.25, 0.3) is 0 Å². The lowest BCUT2D eigenvalue weighted by Gasteiger charge is -2.15. The van der Waals surface area contributed by atoms with E-state index in [0.717, 1.165) is 11.4 Å². The number of rotatable bonds is 3. The van der Waals surface area contributed by atoms with Gasteiger partial charge in [0.05, 0.1) is 5.69 Å². The summed E-state index contributed by atoms with van der Waals surface area (Å²) >= 11 is 0. The maximum atomic E-state index is 4.09. The Kier molecular flexibility index (Phi) is 2.87. The fourth-order valence-corrected chi connectivity index (χ4v) is 1.49. The fourth-order valence-electron chi connectivity index (χ4n) is 1.49. The van der Waals surface area contributed by atoms with Crippen LogP contribution in [0.3, 0.4) is 0 Å². The summed E-state index contributed by atoms with van der Waals surface area (Å²) in [5.74, 6) is 0. The zero-order valence-electron chi connectivity index (χ0n) is 9.07. The second kappa shape index (κ2) is 4.31. The van der Waals surface area contributed by atoms with Gasteiger partial charge in [0, 0.05) is 11.7 Å². The largest absolute Gasteiger partial charge is 0.383 e. The van der Waals surface area contributed by atoms with Crippen LogP contribution in [0.2, 0.25) is 0 Å². The maximum Gasteiger partial charge on any atom is 0.108 e. The van der Waals surface area contributed by atoms with Crippen LogP contribution in [0.15, 0.2) is 29.3 Å². The number of nitrogens with one attached hydrogen (secondary N) is 2. The van der Waals surface area contributed by atoms with Crippen LogP contribution in [0.5, 0.6) is 0 Å². The van der Waals surface area contributed by atoms with E-state index in [1.54, 1.807) is 6.34 Å². The number of hydrazine groups is 1. The van der Waals surface area contributed by atoms with Crippen LogP contribution >= 0.6 is 0 Å². The minimum atomic E-state index is 0.460. The van der Waals surface area contributed by atoms with Gasteiger partial charge in [-0.3, -0.25) is 10.0 Å². The van der Waals surface area contributed by atoms with Crippen LogP contribution in [0.4, 0.5) is 11.4 Å². The van der Waals surface area contributed by atoms with Crippen molar-refractivity contribution < 1.29 is 0 Å². The zero-order valence-corrected chi connectivity index (χ0v) is 9.07. The first-order chi connectivity index (χ1) is 7.25. The van der Waals surface area contributed by atoms with Gasteiger partial charge >= 0.3 is 0 Å². The minimum Gasteiger partial charge on any atom is -0.383 e. The molecule has 1 heterocycles. The first-order valence-corrected chi connectivity index (χ1v) is 5.15. The molecule has 0 saturated heterocycles. The molecular formula is C11H16N4. The van der Waals surface area contributed by atoms with Crippen molar-refractivity contribution >= 4 is 17.7 Å². The molecule has 0 saturated carbocycles. The minimum absolute atomic E-state index is 0.460. The number of aliphatic imine (C=N–C) groups is 1.